The van der Waals surface area contributed by atoms with Crippen LogP contribution in [0.5, 0.6) is 0 Å². The average Bonchev–Trinajstić information content (AvgIpc) is 2.49. The highest BCUT2D eigenvalue weighted by atomic mass is 15.2. The van der Waals surface area contributed by atoms with E-state index in [1.807, 2.05) is 7.05 Å². The lowest BCUT2D eigenvalue weighted by atomic mass is 10.1. The summed E-state index contributed by atoms with van der Waals surface area (Å²) < 4.78 is 0. The van der Waals surface area contributed by atoms with Crippen molar-refractivity contribution in [3.63, 3.8) is 0 Å². The van der Waals surface area contributed by atoms with Crippen molar-refractivity contribution in [2.75, 3.05) is 27.2 Å². The fourth-order valence-electron chi connectivity index (χ4n) is 2.18. The highest BCUT2D eigenvalue weighted by Crippen LogP contribution is 2.03. The molecule has 124 valence electrons. The largest absolute Gasteiger partial charge is 0.356 e. The zero-order valence-electron chi connectivity index (χ0n) is 14.8. The van der Waals surface area contributed by atoms with Crippen LogP contribution >= 0.6 is 0 Å². The zero-order valence-corrected chi connectivity index (χ0v) is 14.8. The molecule has 4 heteroatoms. The molecule has 0 aliphatic carbocycles. The van der Waals surface area contributed by atoms with Crippen molar-refractivity contribution in [1.82, 2.24) is 15.5 Å². The molecule has 0 amide bonds. The van der Waals surface area contributed by atoms with Crippen LogP contribution in [0.2, 0.25) is 0 Å². The summed E-state index contributed by atoms with van der Waals surface area (Å²) in [5.41, 5.74) is 2.57. The van der Waals surface area contributed by atoms with Gasteiger partial charge in [0.1, 0.15) is 0 Å². The van der Waals surface area contributed by atoms with Gasteiger partial charge >= 0.3 is 0 Å². The maximum absolute atomic E-state index is 4.27. The van der Waals surface area contributed by atoms with Gasteiger partial charge in [-0.1, -0.05) is 29.8 Å². The molecule has 1 aromatic rings. The van der Waals surface area contributed by atoms with Gasteiger partial charge in [-0.05, 0) is 52.8 Å². The Morgan fingerprint density at radius 1 is 1.23 bits per heavy atom. The molecular weight excluding hydrogens is 272 g/mol. The Hall–Kier alpha value is -1.55. The van der Waals surface area contributed by atoms with Gasteiger partial charge in [0.05, 0.1) is 0 Å². The Balaban J connectivity index is 2.20. The molecule has 0 radical (unpaired) electrons. The number of guanidine groups is 1. The summed E-state index contributed by atoms with van der Waals surface area (Å²) in [4.78, 5) is 6.65. The third-order valence-electron chi connectivity index (χ3n) is 3.88. The summed E-state index contributed by atoms with van der Waals surface area (Å²) in [7, 11) is 4.00. The van der Waals surface area contributed by atoms with E-state index in [0.29, 0.717) is 6.04 Å². The average molecular weight is 304 g/mol. The van der Waals surface area contributed by atoms with Crippen LogP contribution in [-0.4, -0.2) is 44.1 Å². The lowest BCUT2D eigenvalue weighted by molar-refractivity contribution is 0.268. The third kappa shape index (κ3) is 7.46. The predicted molar refractivity (Wildman–Crippen MR) is 96.4 cm³/mol. The first-order valence-electron chi connectivity index (χ1n) is 8.23. The number of unbranched alkanes of at least 4 members (excludes halogenated alkanes) is 1. The summed E-state index contributed by atoms with van der Waals surface area (Å²) in [6.45, 7) is 9.49. The van der Waals surface area contributed by atoms with E-state index in [-0.39, 0.29) is 0 Å². The second kappa shape index (κ2) is 10.2. The lowest BCUT2D eigenvalue weighted by Gasteiger charge is -2.20. The third-order valence-corrected chi connectivity index (χ3v) is 3.88. The Kier molecular flexibility index (Phi) is 8.60. The second-order valence-corrected chi connectivity index (χ2v) is 6.12. The lowest BCUT2D eigenvalue weighted by Crippen LogP contribution is -2.37. The fourth-order valence-corrected chi connectivity index (χ4v) is 2.18. The van der Waals surface area contributed by atoms with Crippen LogP contribution in [0.4, 0.5) is 0 Å². The second-order valence-electron chi connectivity index (χ2n) is 6.12. The van der Waals surface area contributed by atoms with Gasteiger partial charge in [-0.25, -0.2) is 0 Å². The van der Waals surface area contributed by atoms with Crippen molar-refractivity contribution in [2.24, 2.45) is 4.99 Å². The molecule has 0 aliphatic heterocycles. The summed E-state index contributed by atoms with van der Waals surface area (Å²) in [6.07, 6.45) is 2.36. The fraction of sp³-hybridized carbons (Fsp3) is 0.611. The summed E-state index contributed by atoms with van der Waals surface area (Å²) in [5, 5.41) is 6.74. The van der Waals surface area contributed by atoms with Crippen LogP contribution in [0.15, 0.2) is 29.3 Å². The van der Waals surface area contributed by atoms with Crippen LogP contribution in [-0.2, 0) is 6.54 Å². The van der Waals surface area contributed by atoms with E-state index >= 15 is 0 Å². The summed E-state index contributed by atoms with van der Waals surface area (Å²) in [6, 6.07) is 9.16. The topological polar surface area (TPSA) is 39.7 Å². The molecule has 0 fully saturated rings. The normalized spacial score (nSPS) is 12.0. The first kappa shape index (κ1) is 18.5. The number of aliphatic imine (C=N–C) groups is 1. The molecule has 1 aromatic carbocycles. The van der Waals surface area contributed by atoms with Crippen LogP contribution in [0.1, 0.15) is 37.8 Å². The quantitative estimate of drug-likeness (QED) is 0.441. The molecule has 0 bridgehead atoms. The SMILES string of the molecule is CN=C(NCCCCN(C)C(C)C)NCc1cccc(C)c1. The van der Waals surface area contributed by atoms with Crippen molar-refractivity contribution in [1.29, 1.82) is 0 Å². The van der Waals surface area contributed by atoms with Gasteiger partial charge in [0.25, 0.3) is 0 Å². The van der Waals surface area contributed by atoms with Crippen molar-refractivity contribution < 1.29 is 0 Å². The Labute approximate surface area is 136 Å². The maximum atomic E-state index is 4.27. The van der Waals surface area contributed by atoms with Gasteiger partial charge in [-0.15, -0.1) is 0 Å². The number of hydrogen-bond donors (Lipinski definition) is 2. The molecule has 0 unspecified atom stereocenters. The number of hydrogen-bond acceptors (Lipinski definition) is 2. The molecular formula is C18H32N4. The standard InChI is InChI=1S/C18H32N4/c1-15(2)22(5)12-7-6-11-20-18(19-4)21-14-17-10-8-9-16(3)13-17/h8-10,13,15H,6-7,11-12,14H2,1-5H3,(H2,19,20,21). The minimum absolute atomic E-state index is 0.622. The van der Waals surface area contributed by atoms with E-state index < -0.39 is 0 Å². The molecule has 0 heterocycles. The van der Waals surface area contributed by atoms with E-state index in [1.165, 1.54) is 17.5 Å². The first-order chi connectivity index (χ1) is 10.5. The summed E-state index contributed by atoms with van der Waals surface area (Å²) in [5.74, 6) is 0.874. The van der Waals surface area contributed by atoms with E-state index in [0.717, 1.165) is 32.0 Å². The van der Waals surface area contributed by atoms with Gasteiger partial charge in [0, 0.05) is 26.2 Å². The number of nitrogens with one attached hydrogen (secondary N) is 2. The van der Waals surface area contributed by atoms with Gasteiger partial charge < -0.3 is 15.5 Å². The Morgan fingerprint density at radius 3 is 2.64 bits per heavy atom. The van der Waals surface area contributed by atoms with Gasteiger partial charge in [-0.3, -0.25) is 4.99 Å². The van der Waals surface area contributed by atoms with Crippen molar-refractivity contribution in [3.05, 3.63) is 35.4 Å². The van der Waals surface area contributed by atoms with Crippen LogP contribution in [0.25, 0.3) is 0 Å². The number of benzene rings is 1. The van der Waals surface area contributed by atoms with E-state index in [1.54, 1.807) is 0 Å². The molecule has 0 spiro atoms. The molecule has 0 saturated carbocycles. The van der Waals surface area contributed by atoms with Crippen LogP contribution in [0.3, 0.4) is 0 Å². The maximum Gasteiger partial charge on any atom is 0.191 e. The molecule has 2 N–H and O–H groups in total. The van der Waals surface area contributed by atoms with Crippen LogP contribution < -0.4 is 10.6 Å². The summed E-state index contributed by atoms with van der Waals surface area (Å²) >= 11 is 0. The minimum atomic E-state index is 0.622. The molecule has 0 atom stereocenters. The van der Waals surface area contributed by atoms with Crippen molar-refractivity contribution >= 4 is 5.96 Å². The van der Waals surface area contributed by atoms with Crippen molar-refractivity contribution in [2.45, 2.75) is 46.2 Å². The predicted octanol–water partition coefficient (Wildman–Crippen LogP) is 2.78. The zero-order chi connectivity index (χ0) is 16.4. The van der Waals surface area contributed by atoms with Gasteiger partial charge in [0.2, 0.25) is 0 Å². The number of rotatable bonds is 8. The van der Waals surface area contributed by atoms with Gasteiger partial charge in [-0.2, -0.15) is 0 Å². The minimum Gasteiger partial charge on any atom is -0.356 e. The smallest absolute Gasteiger partial charge is 0.191 e. The highest BCUT2D eigenvalue weighted by Gasteiger charge is 2.02. The molecule has 1 rings (SSSR count). The molecule has 22 heavy (non-hydrogen) atoms. The Morgan fingerprint density at radius 2 is 2.00 bits per heavy atom. The highest BCUT2D eigenvalue weighted by molar-refractivity contribution is 5.79. The molecule has 0 aromatic heterocycles. The monoisotopic (exact) mass is 304 g/mol. The first-order valence-corrected chi connectivity index (χ1v) is 8.23. The number of aryl methyl sites for hydroxylation is 1. The van der Waals surface area contributed by atoms with E-state index in [9.17, 15) is 0 Å². The number of nitrogens with zero attached hydrogens (tertiary/aromatic N) is 2. The molecule has 0 saturated heterocycles. The van der Waals surface area contributed by atoms with E-state index in [4.69, 9.17) is 0 Å². The Bertz CT molecular complexity index is 454. The molecule has 0 aliphatic rings. The molecule has 4 nitrogen and oxygen atoms in total. The van der Waals surface area contributed by atoms with Gasteiger partial charge in [0.15, 0.2) is 5.96 Å². The van der Waals surface area contributed by atoms with Crippen LogP contribution in [0, 0.1) is 6.92 Å². The van der Waals surface area contributed by atoms with Crippen molar-refractivity contribution in [3.8, 4) is 0 Å². The van der Waals surface area contributed by atoms with E-state index in [2.05, 4.69) is 72.6 Å².